The molecule has 0 spiro atoms. The largest absolute Gasteiger partial charge is 0.412 e. The predicted octanol–water partition coefficient (Wildman–Crippen LogP) is -4.06. The smallest absolute Gasteiger partial charge is 0 e. The standard InChI is InChI=1S/K.Na.4H2O/h;;4*1H2. The van der Waals surface area contributed by atoms with Gasteiger partial charge in [0, 0.05) is 80.9 Å². The van der Waals surface area contributed by atoms with Crippen LogP contribution in [0.4, 0.5) is 0 Å². The Hall–Kier alpha value is 2.48. The third kappa shape index (κ3) is 31.7. The van der Waals surface area contributed by atoms with Crippen LogP contribution in [0.15, 0.2) is 0 Å². The first-order chi connectivity index (χ1) is 0. The number of rotatable bonds is 0. The molecule has 34 valence electrons. The molecule has 0 bridgehead atoms. The molecule has 0 amide bonds. The monoisotopic (exact) mass is 134 g/mol. The van der Waals surface area contributed by atoms with Crippen molar-refractivity contribution in [2.45, 2.75) is 0 Å². The van der Waals surface area contributed by atoms with Crippen LogP contribution in [0.5, 0.6) is 0 Å². The first-order valence-corrected chi connectivity index (χ1v) is 0. The van der Waals surface area contributed by atoms with E-state index >= 15 is 0 Å². The molecule has 6 heavy (non-hydrogen) atoms. The molecule has 6 heteroatoms. The Morgan fingerprint density at radius 2 is 0.500 bits per heavy atom. The Morgan fingerprint density at radius 3 is 0.500 bits per heavy atom. The van der Waals surface area contributed by atoms with Crippen molar-refractivity contribution >= 4 is 80.9 Å². The summed E-state index contributed by atoms with van der Waals surface area (Å²) in [6, 6.07) is 0. The van der Waals surface area contributed by atoms with Crippen molar-refractivity contribution in [3.8, 4) is 0 Å². The molecular formula is H8KNaO4. The van der Waals surface area contributed by atoms with E-state index in [2.05, 4.69) is 0 Å². The third-order valence-electron chi connectivity index (χ3n) is 0. The minimum Gasteiger partial charge on any atom is -0.412 e. The average molecular weight is 134 g/mol. The Morgan fingerprint density at radius 1 is 0.500 bits per heavy atom. The van der Waals surface area contributed by atoms with Crippen LogP contribution in [0.3, 0.4) is 0 Å². The molecule has 0 rings (SSSR count). The number of hydrogen-bond acceptors (Lipinski definition) is 0. The van der Waals surface area contributed by atoms with E-state index in [9.17, 15) is 0 Å². The fourth-order valence-electron chi connectivity index (χ4n) is 0. The van der Waals surface area contributed by atoms with Crippen molar-refractivity contribution in [1.29, 1.82) is 0 Å². The molecule has 0 unspecified atom stereocenters. The molecule has 0 atom stereocenters. The van der Waals surface area contributed by atoms with Crippen LogP contribution in [0.2, 0.25) is 0 Å². The molecule has 0 aliphatic rings. The number of hydrogen-bond donors (Lipinski definition) is 0. The molecule has 0 heterocycles. The van der Waals surface area contributed by atoms with E-state index in [-0.39, 0.29) is 103 Å². The molecule has 2 radical (unpaired) electrons. The summed E-state index contributed by atoms with van der Waals surface area (Å²) in [5.41, 5.74) is 0. The van der Waals surface area contributed by atoms with Crippen LogP contribution in [-0.2, 0) is 0 Å². The molecule has 0 aromatic carbocycles. The fraction of sp³-hybridized carbons (Fsp3) is 0. The van der Waals surface area contributed by atoms with Gasteiger partial charge in [-0.15, -0.1) is 0 Å². The fourth-order valence-corrected chi connectivity index (χ4v) is 0. The van der Waals surface area contributed by atoms with Crippen molar-refractivity contribution < 1.29 is 21.9 Å². The van der Waals surface area contributed by atoms with Crippen LogP contribution < -0.4 is 0 Å². The normalized spacial score (nSPS) is 0. The van der Waals surface area contributed by atoms with Crippen molar-refractivity contribution in [3.63, 3.8) is 0 Å². The van der Waals surface area contributed by atoms with Crippen molar-refractivity contribution in [2.24, 2.45) is 0 Å². The van der Waals surface area contributed by atoms with E-state index in [1.165, 1.54) is 0 Å². The Bertz CT molecular complexity index is 7.51. The second kappa shape index (κ2) is 51.1. The topological polar surface area (TPSA) is 126 Å². The minimum absolute atomic E-state index is 0. The summed E-state index contributed by atoms with van der Waals surface area (Å²) < 4.78 is 0. The van der Waals surface area contributed by atoms with Crippen LogP contribution in [0, 0.1) is 0 Å². The van der Waals surface area contributed by atoms with Gasteiger partial charge in [0.25, 0.3) is 0 Å². The van der Waals surface area contributed by atoms with Crippen LogP contribution >= 0.6 is 0 Å². The summed E-state index contributed by atoms with van der Waals surface area (Å²) in [7, 11) is 0. The van der Waals surface area contributed by atoms with Gasteiger partial charge in [-0.05, 0) is 0 Å². The molecule has 4 nitrogen and oxygen atoms in total. The van der Waals surface area contributed by atoms with Gasteiger partial charge < -0.3 is 21.9 Å². The molecule has 0 aliphatic heterocycles. The zero-order chi connectivity index (χ0) is 0. The van der Waals surface area contributed by atoms with E-state index in [0.717, 1.165) is 0 Å². The van der Waals surface area contributed by atoms with Crippen molar-refractivity contribution in [3.05, 3.63) is 0 Å². The SMILES string of the molecule is O.O.O.O.[K].[Na]. The zero-order valence-corrected chi connectivity index (χ0v) is 9.12. The molecule has 0 saturated heterocycles. The van der Waals surface area contributed by atoms with Gasteiger partial charge in [-0.1, -0.05) is 0 Å². The summed E-state index contributed by atoms with van der Waals surface area (Å²) in [4.78, 5) is 0. The van der Waals surface area contributed by atoms with Gasteiger partial charge in [0.05, 0.1) is 0 Å². The molecule has 0 fully saturated rings. The van der Waals surface area contributed by atoms with Gasteiger partial charge in [0.1, 0.15) is 0 Å². The van der Waals surface area contributed by atoms with Crippen LogP contribution in [0.25, 0.3) is 0 Å². The Balaban J connectivity index is 0. The first-order valence-electron chi connectivity index (χ1n) is 0. The maximum Gasteiger partial charge on any atom is 0 e. The second-order valence-corrected chi connectivity index (χ2v) is 0. The average Bonchev–Trinajstić information content (AvgIpc) is 0. The Kier molecular flexibility index (Phi) is 658. The Labute approximate surface area is 101 Å². The van der Waals surface area contributed by atoms with Gasteiger partial charge in [-0.3, -0.25) is 0 Å². The maximum absolute atomic E-state index is 0. The summed E-state index contributed by atoms with van der Waals surface area (Å²) in [5, 5.41) is 0. The van der Waals surface area contributed by atoms with Gasteiger partial charge in [-0.25, -0.2) is 0 Å². The molecular weight excluding hydrogens is 126 g/mol. The zero-order valence-electron chi connectivity index (χ0n) is 4.00. The van der Waals surface area contributed by atoms with Gasteiger partial charge in [-0.2, -0.15) is 0 Å². The van der Waals surface area contributed by atoms with Crippen molar-refractivity contribution in [1.82, 2.24) is 0 Å². The molecule has 0 aromatic rings. The quantitative estimate of drug-likeness (QED) is 0.299. The van der Waals surface area contributed by atoms with Gasteiger partial charge in [0.2, 0.25) is 0 Å². The van der Waals surface area contributed by atoms with Crippen molar-refractivity contribution in [2.75, 3.05) is 0 Å². The summed E-state index contributed by atoms with van der Waals surface area (Å²) in [5.74, 6) is 0. The third-order valence-corrected chi connectivity index (χ3v) is 0. The maximum atomic E-state index is 0. The van der Waals surface area contributed by atoms with E-state index in [1.807, 2.05) is 0 Å². The summed E-state index contributed by atoms with van der Waals surface area (Å²) >= 11 is 0. The van der Waals surface area contributed by atoms with Crippen LogP contribution in [-0.4, -0.2) is 103 Å². The summed E-state index contributed by atoms with van der Waals surface area (Å²) in [6.07, 6.45) is 0. The van der Waals surface area contributed by atoms with E-state index in [4.69, 9.17) is 0 Å². The van der Waals surface area contributed by atoms with E-state index in [1.54, 1.807) is 0 Å². The molecule has 0 saturated carbocycles. The minimum atomic E-state index is 0. The molecule has 0 aliphatic carbocycles. The molecule has 8 N–H and O–H groups in total. The van der Waals surface area contributed by atoms with Crippen LogP contribution in [0.1, 0.15) is 0 Å². The second-order valence-electron chi connectivity index (χ2n) is 0. The summed E-state index contributed by atoms with van der Waals surface area (Å²) in [6.45, 7) is 0. The van der Waals surface area contributed by atoms with Gasteiger partial charge in [0.15, 0.2) is 0 Å². The van der Waals surface area contributed by atoms with E-state index < -0.39 is 0 Å². The van der Waals surface area contributed by atoms with E-state index in [0.29, 0.717) is 0 Å². The van der Waals surface area contributed by atoms with Gasteiger partial charge >= 0.3 is 0 Å². The first kappa shape index (κ1) is 77.3. The molecule has 0 aromatic heterocycles. The predicted molar refractivity (Wildman–Crippen MR) is 26.0 cm³/mol.